The van der Waals surface area contributed by atoms with Crippen LogP contribution in [0.15, 0.2) is 21.5 Å². The molecule has 0 fully saturated rings. The number of fused-ring (bicyclic) bond motifs is 3. The zero-order valence-electron chi connectivity index (χ0n) is 18.1. The van der Waals surface area contributed by atoms with Gasteiger partial charge in [-0.15, -0.1) is 4.36 Å². The molecule has 0 radical (unpaired) electrons. The van der Waals surface area contributed by atoms with Crippen LogP contribution in [0.2, 0.25) is 0 Å². The number of urea groups is 1. The van der Waals surface area contributed by atoms with Gasteiger partial charge in [-0.1, -0.05) is 6.07 Å². The molecule has 33 heavy (non-hydrogen) atoms. The molecule has 2 aliphatic carbocycles. The van der Waals surface area contributed by atoms with Crippen LogP contribution in [0.1, 0.15) is 40.3 Å². The molecule has 0 bridgehead atoms. The Labute approximate surface area is 191 Å². The van der Waals surface area contributed by atoms with E-state index in [0.29, 0.717) is 43.7 Å². The van der Waals surface area contributed by atoms with Crippen LogP contribution in [0, 0.1) is 0 Å². The molecule has 3 aliphatic rings. The molecule has 1 unspecified atom stereocenters. The molecule has 178 valence electrons. The molecule has 1 aliphatic heterocycles. The summed E-state index contributed by atoms with van der Waals surface area (Å²) in [6.07, 6.45) is 4.75. The van der Waals surface area contributed by atoms with Crippen molar-refractivity contribution in [1.29, 1.82) is 0 Å². The standard InChI is InChI=1S/C20H25N5O6S2/c1-30-11-32(27,28)15-6-5-13-9-12-3-2-4-14(12)18(17(13)15)23-20(26)24-33(21,29)16-10-22-25-7-8-31-19(16)25/h9-10,15H,2-8,11H2,1H3,(H3,21,23,24,26,29)/t15-,33?/m1/s1. The van der Waals surface area contributed by atoms with Gasteiger partial charge in [0.25, 0.3) is 0 Å². The van der Waals surface area contributed by atoms with Gasteiger partial charge in [0.1, 0.15) is 17.4 Å². The summed E-state index contributed by atoms with van der Waals surface area (Å²) in [6, 6.07) is 1.14. The van der Waals surface area contributed by atoms with Gasteiger partial charge in [-0.2, -0.15) is 5.10 Å². The quantitative estimate of drug-likeness (QED) is 0.639. The summed E-state index contributed by atoms with van der Waals surface area (Å²) in [6.45, 7) is 0.869. The van der Waals surface area contributed by atoms with Gasteiger partial charge < -0.3 is 14.8 Å². The van der Waals surface area contributed by atoms with E-state index >= 15 is 0 Å². The average Bonchev–Trinajstić information content (AvgIpc) is 3.50. The molecule has 5 rings (SSSR count). The van der Waals surface area contributed by atoms with Gasteiger partial charge in [-0.05, 0) is 54.4 Å². The molecule has 2 amide bonds. The highest BCUT2D eigenvalue weighted by Crippen LogP contribution is 2.46. The number of benzene rings is 1. The summed E-state index contributed by atoms with van der Waals surface area (Å²) in [5, 5.41) is 11.9. The SMILES string of the molecule is COCS(=O)(=O)[C@@H]1CCc2cc3c(c(NC(=O)N=S(N)(=O)c4cnn5c4OCC5)c21)CCC3. The molecule has 11 nitrogen and oxygen atoms in total. The first-order chi connectivity index (χ1) is 15.7. The number of hydrogen-bond acceptors (Lipinski definition) is 7. The van der Waals surface area contributed by atoms with Gasteiger partial charge in [0.15, 0.2) is 19.8 Å². The summed E-state index contributed by atoms with van der Waals surface area (Å²) in [4.78, 5) is 13.0. The van der Waals surface area contributed by atoms with E-state index in [4.69, 9.17) is 14.6 Å². The van der Waals surface area contributed by atoms with E-state index in [1.54, 1.807) is 0 Å². The number of nitrogens with two attached hydrogens (primary N) is 1. The lowest BCUT2D eigenvalue weighted by atomic mass is 9.98. The molecular formula is C20H25N5O6S2. The maximum atomic E-state index is 13.1. The third-order valence-corrected chi connectivity index (χ3v) is 9.56. The van der Waals surface area contributed by atoms with E-state index in [1.165, 1.54) is 18.0 Å². The van der Waals surface area contributed by atoms with Gasteiger partial charge in [-0.3, -0.25) is 0 Å². The Kier molecular flexibility index (Phi) is 5.46. The Morgan fingerprint density at radius 1 is 1.33 bits per heavy atom. The van der Waals surface area contributed by atoms with Crippen molar-refractivity contribution in [3.63, 3.8) is 0 Å². The van der Waals surface area contributed by atoms with Crippen molar-refractivity contribution in [3.05, 3.63) is 34.5 Å². The van der Waals surface area contributed by atoms with Gasteiger partial charge in [-0.25, -0.2) is 27.2 Å². The van der Waals surface area contributed by atoms with Crippen molar-refractivity contribution in [3.8, 4) is 5.88 Å². The number of nitrogens with one attached hydrogen (secondary N) is 1. The van der Waals surface area contributed by atoms with Crippen LogP contribution < -0.4 is 15.2 Å². The number of carbonyl (C=O) groups is 1. The number of aromatic nitrogens is 2. The third-order valence-electron chi connectivity index (χ3n) is 6.31. The third kappa shape index (κ3) is 3.82. The Morgan fingerprint density at radius 3 is 2.94 bits per heavy atom. The fraction of sp³-hybridized carbons (Fsp3) is 0.500. The van der Waals surface area contributed by atoms with E-state index in [9.17, 15) is 17.4 Å². The zero-order valence-corrected chi connectivity index (χ0v) is 19.7. The summed E-state index contributed by atoms with van der Waals surface area (Å²) < 4.78 is 54.4. The monoisotopic (exact) mass is 495 g/mol. The largest absolute Gasteiger partial charge is 0.475 e. The van der Waals surface area contributed by atoms with Crippen LogP contribution >= 0.6 is 0 Å². The maximum Gasteiger partial charge on any atom is 0.354 e. The number of hydrogen-bond donors (Lipinski definition) is 2. The van der Waals surface area contributed by atoms with E-state index in [1.807, 2.05) is 6.07 Å². The predicted octanol–water partition coefficient (Wildman–Crippen LogP) is 1.70. The molecular weight excluding hydrogens is 470 g/mol. The van der Waals surface area contributed by atoms with Crippen molar-refractivity contribution < 1.29 is 26.9 Å². The molecule has 0 spiro atoms. The lowest BCUT2D eigenvalue weighted by molar-refractivity contribution is 0.248. The second-order valence-corrected chi connectivity index (χ2v) is 12.3. The van der Waals surface area contributed by atoms with Crippen molar-refractivity contribution >= 4 is 31.5 Å². The van der Waals surface area contributed by atoms with Crippen molar-refractivity contribution in [2.75, 3.05) is 25.0 Å². The van der Waals surface area contributed by atoms with E-state index < -0.39 is 37.0 Å². The topological polar surface area (TPSA) is 155 Å². The summed E-state index contributed by atoms with van der Waals surface area (Å²) in [5.41, 5.74) is 3.91. The molecule has 2 heterocycles. The predicted molar refractivity (Wildman–Crippen MR) is 120 cm³/mol. The first-order valence-electron chi connectivity index (χ1n) is 10.6. The number of methoxy groups -OCH3 is 1. The molecule has 1 aromatic carbocycles. The summed E-state index contributed by atoms with van der Waals surface area (Å²) in [7, 11) is -5.87. The lowest BCUT2D eigenvalue weighted by Crippen LogP contribution is -2.21. The van der Waals surface area contributed by atoms with Crippen LogP contribution in [-0.2, 0) is 50.3 Å². The molecule has 0 saturated carbocycles. The Morgan fingerprint density at radius 2 is 2.15 bits per heavy atom. The number of anilines is 1. The van der Waals surface area contributed by atoms with Crippen molar-refractivity contribution in [2.45, 2.75) is 48.8 Å². The van der Waals surface area contributed by atoms with E-state index in [0.717, 1.165) is 29.5 Å². The number of ether oxygens (including phenoxy) is 2. The second kappa shape index (κ2) is 8.08. The fourth-order valence-corrected chi connectivity index (χ4v) is 7.57. The molecule has 2 aromatic rings. The maximum absolute atomic E-state index is 13.1. The van der Waals surface area contributed by atoms with Crippen LogP contribution in [-0.4, -0.2) is 48.1 Å². The average molecular weight is 496 g/mol. The summed E-state index contributed by atoms with van der Waals surface area (Å²) >= 11 is 0. The van der Waals surface area contributed by atoms with Gasteiger partial charge >= 0.3 is 6.03 Å². The van der Waals surface area contributed by atoms with E-state index in [2.05, 4.69) is 14.8 Å². The summed E-state index contributed by atoms with van der Waals surface area (Å²) in [5.74, 6) is -0.165. The van der Waals surface area contributed by atoms with Gasteiger partial charge in [0.05, 0.1) is 23.7 Å². The highest BCUT2D eigenvalue weighted by molar-refractivity contribution is 7.92. The number of sulfone groups is 1. The van der Waals surface area contributed by atoms with Crippen LogP contribution in [0.3, 0.4) is 0 Å². The van der Waals surface area contributed by atoms with Gasteiger partial charge in [0.2, 0.25) is 5.88 Å². The Hall–Kier alpha value is -2.48. The Balaban J connectivity index is 1.54. The van der Waals surface area contributed by atoms with Gasteiger partial charge in [0, 0.05) is 7.11 Å². The molecule has 0 saturated heterocycles. The minimum Gasteiger partial charge on any atom is -0.475 e. The minimum absolute atomic E-state index is 0.0548. The fourth-order valence-electron chi connectivity index (χ4n) is 4.97. The number of carbonyl (C=O) groups excluding carboxylic acids is 1. The second-order valence-electron chi connectivity index (χ2n) is 8.39. The van der Waals surface area contributed by atoms with Crippen LogP contribution in [0.5, 0.6) is 5.88 Å². The number of nitrogens with zero attached hydrogens (tertiary/aromatic N) is 3. The smallest absolute Gasteiger partial charge is 0.354 e. The number of amides is 2. The highest BCUT2D eigenvalue weighted by Gasteiger charge is 2.38. The van der Waals surface area contributed by atoms with Crippen LogP contribution in [0.4, 0.5) is 10.5 Å². The first-order valence-corrected chi connectivity index (χ1v) is 13.9. The number of rotatable bonds is 5. The van der Waals surface area contributed by atoms with Crippen molar-refractivity contribution in [2.24, 2.45) is 9.50 Å². The first kappa shape index (κ1) is 22.3. The molecule has 3 N–H and O–H groups in total. The van der Waals surface area contributed by atoms with E-state index in [-0.39, 0.29) is 10.8 Å². The molecule has 1 aromatic heterocycles. The molecule has 13 heteroatoms. The number of aryl methyl sites for hydroxylation is 2. The highest BCUT2D eigenvalue weighted by atomic mass is 32.2. The normalized spacial score (nSPS) is 20.5. The minimum atomic E-state index is -3.62. The zero-order chi connectivity index (χ0) is 23.4. The van der Waals surface area contributed by atoms with Crippen LogP contribution in [0.25, 0.3) is 0 Å². The van der Waals surface area contributed by atoms with Crippen molar-refractivity contribution in [1.82, 2.24) is 9.78 Å². The molecule has 2 atom stereocenters. The lowest BCUT2D eigenvalue weighted by Gasteiger charge is -2.20. The Bertz CT molecular complexity index is 1370.